The fourth-order valence-electron chi connectivity index (χ4n) is 4.76. The molecule has 7 nitrogen and oxygen atoms in total. The monoisotopic (exact) mass is 459 g/mol. The minimum absolute atomic E-state index is 0.117. The summed E-state index contributed by atoms with van der Waals surface area (Å²) >= 11 is 6.51. The van der Waals surface area contributed by atoms with Crippen LogP contribution in [-0.2, 0) is 6.54 Å². The van der Waals surface area contributed by atoms with E-state index >= 15 is 0 Å². The van der Waals surface area contributed by atoms with Crippen molar-refractivity contribution in [2.75, 3.05) is 0 Å². The smallest absolute Gasteiger partial charge is 0.253 e. The van der Waals surface area contributed by atoms with E-state index in [1.165, 1.54) is 0 Å². The van der Waals surface area contributed by atoms with E-state index in [9.17, 15) is 9.59 Å². The van der Waals surface area contributed by atoms with Crippen LogP contribution >= 0.6 is 11.6 Å². The maximum atomic E-state index is 13.0. The minimum atomic E-state index is -0.835. The van der Waals surface area contributed by atoms with Gasteiger partial charge in [0, 0.05) is 47.8 Å². The zero-order chi connectivity index (χ0) is 23.2. The Bertz CT molecular complexity index is 1120. The van der Waals surface area contributed by atoms with Crippen LogP contribution in [0.25, 0.3) is 0 Å². The van der Waals surface area contributed by atoms with Crippen LogP contribution in [0.5, 0.6) is 11.5 Å². The van der Waals surface area contributed by atoms with Gasteiger partial charge in [0.05, 0.1) is 5.02 Å². The van der Waals surface area contributed by atoms with Gasteiger partial charge in [-0.1, -0.05) is 11.6 Å². The first kappa shape index (κ1) is 22.7. The number of amides is 1. The highest BCUT2D eigenvalue weighted by Gasteiger charge is 2.47. The number of nitrogens with two attached hydrogens (primary N) is 1. The zero-order valence-electron chi connectivity index (χ0n) is 18.9. The molecule has 1 saturated carbocycles. The van der Waals surface area contributed by atoms with Gasteiger partial charge in [-0.15, -0.1) is 0 Å². The standard InChI is InChI=1S/C24H30ClN3O4/c1-12-9-13(2)28-23(30)18(12)11-27-22(29)17-10-19(25)21-20(14(17)3)31-24(4,32-21)15-5-7-16(26)8-6-15/h9-10,15-16H,5-8,11,26H2,1-4H3,(H,27,29)(H,28,30). The predicted molar refractivity (Wildman–Crippen MR) is 123 cm³/mol. The molecule has 172 valence electrons. The first-order valence-corrected chi connectivity index (χ1v) is 11.4. The van der Waals surface area contributed by atoms with Gasteiger partial charge in [-0.05, 0) is 64.2 Å². The summed E-state index contributed by atoms with van der Waals surface area (Å²) in [6.45, 7) is 7.54. The number of H-pyrrole nitrogens is 1. The number of aromatic amines is 1. The Morgan fingerprint density at radius 1 is 1.19 bits per heavy atom. The van der Waals surface area contributed by atoms with Crippen molar-refractivity contribution in [1.29, 1.82) is 0 Å². The molecule has 1 aromatic carbocycles. The Kier molecular flexibility index (Phi) is 5.98. The van der Waals surface area contributed by atoms with Gasteiger partial charge in [0.25, 0.3) is 17.3 Å². The van der Waals surface area contributed by atoms with Gasteiger partial charge in [0.2, 0.25) is 0 Å². The lowest BCUT2D eigenvalue weighted by Gasteiger charge is -2.36. The summed E-state index contributed by atoms with van der Waals surface area (Å²) in [5, 5.41) is 3.17. The summed E-state index contributed by atoms with van der Waals surface area (Å²) in [6, 6.07) is 3.71. The molecule has 0 bridgehead atoms. The molecular weight excluding hydrogens is 430 g/mol. The van der Waals surface area contributed by atoms with Crippen LogP contribution < -0.4 is 26.1 Å². The maximum absolute atomic E-state index is 13.0. The molecule has 1 aromatic heterocycles. The van der Waals surface area contributed by atoms with Gasteiger partial charge in [-0.3, -0.25) is 9.59 Å². The average Bonchev–Trinajstić information content (AvgIpc) is 3.10. The highest BCUT2D eigenvalue weighted by molar-refractivity contribution is 6.33. The molecular formula is C24H30ClN3O4. The Morgan fingerprint density at radius 3 is 2.50 bits per heavy atom. The summed E-state index contributed by atoms with van der Waals surface area (Å²) in [5.74, 6) is 0.0116. The molecule has 8 heteroatoms. The summed E-state index contributed by atoms with van der Waals surface area (Å²) in [7, 11) is 0. The Labute approximate surface area is 192 Å². The van der Waals surface area contributed by atoms with Gasteiger partial charge in [-0.25, -0.2) is 0 Å². The number of hydrogen-bond donors (Lipinski definition) is 3. The van der Waals surface area contributed by atoms with Crippen LogP contribution in [0.2, 0.25) is 5.02 Å². The van der Waals surface area contributed by atoms with Crippen molar-refractivity contribution in [3.63, 3.8) is 0 Å². The van der Waals surface area contributed by atoms with Crippen molar-refractivity contribution in [3.8, 4) is 11.5 Å². The summed E-state index contributed by atoms with van der Waals surface area (Å²) in [6.07, 6.45) is 3.70. The quantitative estimate of drug-likeness (QED) is 0.643. The number of fused-ring (bicyclic) bond motifs is 1. The number of pyridine rings is 1. The fourth-order valence-corrected chi connectivity index (χ4v) is 4.99. The first-order valence-electron chi connectivity index (χ1n) is 11.0. The summed E-state index contributed by atoms with van der Waals surface area (Å²) in [5.41, 5.74) is 9.04. The molecule has 1 amide bonds. The van der Waals surface area contributed by atoms with Crippen LogP contribution in [-0.4, -0.2) is 22.7 Å². The largest absolute Gasteiger partial charge is 0.448 e. The lowest BCUT2D eigenvalue weighted by molar-refractivity contribution is -0.120. The van der Waals surface area contributed by atoms with E-state index < -0.39 is 5.79 Å². The summed E-state index contributed by atoms with van der Waals surface area (Å²) in [4.78, 5) is 28.0. The third kappa shape index (κ3) is 4.11. The lowest BCUT2D eigenvalue weighted by Crippen LogP contribution is -2.46. The van der Waals surface area contributed by atoms with E-state index in [4.69, 9.17) is 26.8 Å². The van der Waals surface area contributed by atoms with Gasteiger partial charge in [0.15, 0.2) is 11.5 Å². The van der Waals surface area contributed by atoms with Crippen molar-refractivity contribution < 1.29 is 14.3 Å². The fraction of sp³-hybridized carbons (Fsp3) is 0.500. The Morgan fingerprint density at radius 2 is 1.84 bits per heavy atom. The van der Waals surface area contributed by atoms with Gasteiger partial charge >= 0.3 is 0 Å². The third-order valence-electron chi connectivity index (χ3n) is 6.73. The second kappa shape index (κ2) is 8.45. The predicted octanol–water partition coefficient (Wildman–Crippen LogP) is 3.89. The molecule has 32 heavy (non-hydrogen) atoms. The topological polar surface area (TPSA) is 106 Å². The molecule has 2 aromatic rings. The molecule has 0 saturated heterocycles. The average molecular weight is 460 g/mol. The van der Waals surface area contributed by atoms with Gasteiger partial charge < -0.3 is 25.5 Å². The number of benzene rings is 1. The van der Waals surface area contributed by atoms with Crippen molar-refractivity contribution in [3.05, 3.63) is 55.5 Å². The molecule has 2 aliphatic rings. The molecule has 4 N–H and O–H groups in total. The van der Waals surface area contributed by atoms with Gasteiger partial charge in [-0.2, -0.15) is 0 Å². The molecule has 1 unspecified atom stereocenters. The van der Waals surface area contributed by atoms with Crippen molar-refractivity contribution in [2.24, 2.45) is 11.7 Å². The molecule has 0 spiro atoms. The second-order valence-corrected chi connectivity index (χ2v) is 9.55. The zero-order valence-corrected chi connectivity index (χ0v) is 19.7. The molecule has 4 rings (SSSR count). The number of carbonyl (C=O) groups excluding carboxylic acids is 1. The van der Waals surface area contributed by atoms with Crippen LogP contribution in [0.3, 0.4) is 0 Å². The number of hydrogen-bond acceptors (Lipinski definition) is 5. The molecule has 2 heterocycles. The van der Waals surface area contributed by atoms with E-state index in [2.05, 4.69) is 10.3 Å². The van der Waals surface area contributed by atoms with Crippen molar-refractivity contribution in [2.45, 2.75) is 71.8 Å². The SMILES string of the molecule is Cc1cc(C)c(CNC(=O)c2cc(Cl)c3c(c2C)OC(C)(C2CCC(N)CC2)O3)c(=O)[nH]1. The van der Waals surface area contributed by atoms with Crippen LogP contribution in [0.4, 0.5) is 0 Å². The number of aromatic nitrogens is 1. The molecule has 1 atom stereocenters. The molecule has 1 aliphatic carbocycles. The lowest BCUT2D eigenvalue weighted by atomic mass is 9.81. The number of nitrogens with one attached hydrogen (secondary N) is 2. The molecule has 1 aliphatic heterocycles. The third-order valence-corrected chi connectivity index (χ3v) is 7.01. The number of aryl methyl sites for hydroxylation is 2. The molecule has 1 fully saturated rings. The van der Waals surface area contributed by atoms with Gasteiger partial charge in [0.1, 0.15) is 0 Å². The Balaban J connectivity index is 1.55. The summed E-state index contributed by atoms with van der Waals surface area (Å²) < 4.78 is 12.5. The maximum Gasteiger partial charge on any atom is 0.253 e. The normalized spacial score (nSPS) is 24.4. The number of rotatable bonds is 4. The Hall–Kier alpha value is -2.51. The van der Waals surface area contributed by atoms with Crippen molar-refractivity contribution in [1.82, 2.24) is 10.3 Å². The van der Waals surface area contributed by atoms with E-state index in [0.29, 0.717) is 33.2 Å². The van der Waals surface area contributed by atoms with E-state index in [1.54, 1.807) is 6.07 Å². The number of ether oxygens (including phenoxy) is 2. The number of carbonyl (C=O) groups is 1. The van der Waals surface area contributed by atoms with Crippen molar-refractivity contribution >= 4 is 17.5 Å². The highest BCUT2D eigenvalue weighted by atomic mass is 35.5. The van der Waals surface area contributed by atoms with E-state index in [-0.39, 0.29) is 30.0 Å². The van der Waals surface area contributed by atoms with Crippen LogP contribution in [0.15, 0.2) is 16.9 Å². The van der Waals surface area contributed by atoms with E-state index in [0.717, 1.165) is 36.9 Å². The van der Waals surface area contributed by atoms with Crippen LogP contribution in [0.1, 0.15) is 65.3 Å². The number of halogens is 1. The van der Waals surface area contributed by atoms with E-state index in [1.807, 2.05) is 33.8 Å². The first-order chi connectivity index (χ1) is 15.1. The highest BCUT2D eigenvalue weighted by Crippen LogP contribution is 2.51. The second-order valence-electron chi connectivity index (χ2n) is 9.15. The minimum Gasteiger partial charge on any atom is -0.448 e. The molecule has 0 radical (unpaired) electrons. The van der Waals surface area contributed by atoms with Crippen LogP contribution in [0, 0.1) is 26.7 Å².